The van der Waals surface area contributed by atoms with Crippen molar-refractivity contribution in [2.24, 2.45) is 0 Å². The third-order valence-electron chi connectivity index (χ3n) is 4.41. The Balaban J connectivity index is 1.43. The molecule has 23 heavy (non-hydrogen) atoms. The number of amides is 1. The highest BCUT2D eigenvalue weighted by Crippen LogP contribution is 2.25. The van der Waals surface area contributed by atoms with Crippen LogP contribution >= 0.6 is 11.6 Å². The first kappa shape index (κ1) is 14.8. The van der Waals surface area contributed by atoms with E-state index >= 15 is 0 Å². The molecule has 2 fully saturated rings. The maximum absolute atomic E-state index is 12.4. The molecule has 1 aromatic heterocycles. The Morgan fingerprint density at radius 2 is 2.09 bits per heavy atom. The SMILES string of the molecule is O=C(C1CCCO1)N1CCN(c2nc3ccc(Cl)cc3o2)CC1. The number of aromatic nitrogens is 1. The van der Waals surface area contributed by atoms with Crippen molar-refractivity contribution in [2.75, 3.05) is 37.7 Å². The summed E-state index contributed by atoms with van der Waals surface area (Å²) in [5.41, 5.74) is 1.48. The summed E-state index contributed by atoms with van der Waals surface area (Å²) >= 11 is 5.97. The number of rotatable bonds is 2. The van der Waals surface area contributed by atoms with Crippen molar-refractivity contribution in [3.8, 4) is 0 Å². The van der Waals surface area contributed by atoms with E-state index in [2.05, 4.69) is 9.88 Å². The van der Waals surface area contributed by atoms with E-state index in [1.54, 1.807) is 12.1 Å². The molecule has 2 aromatic rings. The van der Waals surface area contributed by atoms with Crippen molar-refractivity contribution < 1.29 is 13.9 Å². The number of anilines is 1. The number of carbonyl (C=O) groups excluding carboxylic acids is 1. The van der Waals surface area contributed by atoms with Crippen LogP contribution < -0.4 is 4.90 Å². The molecule has 0 radical (unpaired) electrons. The fourth-order valence-corrected chi connectivity index (χ4v) is 3.28. The summed E-state index contributed by atoms with van der Waals surface area (Å²) in [6, 6.07) is 6.01. The molecule has 0 spiro atoms. The number of halogens is 1. The van der Waals surface area contributed by atoms with Gasteiger partial charge in [-0.05, 0) is 25.0 Å². The molecule has 0 saturated carbocycles. The third kappa shape index (κ3) is 2.88. The Labute approximate surface area is 138 Å². The Morgan fingerprint density at radius 3 is 2.83 bits per heavy atom. The number of oxazole rings is 1. The van der Waals surface area contributed by atoms with Crippen LogP contribution in [0, 0.1) is 0 Å². The average Bonchev–Trinajstić information content (AvgIpc) is 3.23. The fraction of sp³-hybridized carbons (Fsp3) is 0.500. The first-order valence-corrected chi connectivity index (χ1v) is 8.30. The maximum atomic E-state index is 12.4. The summed E-state index contributed by atoms with van der Waals surface area (Å²) in [5.74, 6) is 0.117. The Kier molecular flexibility index (Phi) is 3.87. The molecule has 2 aliphatic heterocycles. The van der Waals surface area contributed by atoms with E-state index in [0.717, 1.165) is 18.4 Å². The summed E-state index contributed by atoms with van der Waals surface area (Å²) < 4.78 is 11.3. The minimum Gasteiger partial charge on any atom is -0.423 e. The van der Waals surface area contributed by atoms with Crippen molar-refractivity contribution in [3.63, 3.8) is 0 Å². The molecule has 122 valence electrons. The van der Waals surface area contributed by atoms with Crippen LogP contribution in [0.2, 0.25) is 5.02 Å². The van der Waals surface area contributed by atoms with E-state index in [0.29, 0.717) is 49.4 Å². The zero-order valence-electron chi connectivity index (χ0n) is 12.7. The van der Waals surface area contributed by atoms with Gasteiger partial charge in [-0.2, -0.15) is 4.98 Å². The van der Waals surface area contributed by atoms with Gasteiger partial charge >= 0.3 is 0 Å². The molecule has 4 rings (SSSR count). The molecular formula is C16H18ClN3O3. The van der Waals surface area contributed by atoms with Gasteiger partial charge in [0.15, 0.2) is 5.58 Å². The standard InChI is InChI=1S/C16H18ClN3O3/c17-11-3-4-12-14(10-11)23-16(18-12)20-7-5-19(6-8-20)15(21)13-2-1-9-22-13/h3-4,10,13H,1-2,5-9H2. The molecule has 1 atom stereocenters. The lowest BCUT2D eigenvalue weighted by atomic mass is 10.2. The summed E-state index contributed by atoms with van der Waals surface area (Å²) in [6.07, 6.45) is 1.57. The third-order valence-corrected chi connectivity index (χ3v) is 4.64. The number of fused-ring (bicyclic) bond motifs is 1. The second kappa shape index (κ2) is 6.02. The molecule has 1 aromatic carbocycles. The number of nitrogens with zero attached hydrogens (tertiary/aromatic N) is 3. The van der Waals surface area contributed by atoms with Crippen molar-refractivity contribution >= 4 is 34.6 Å². The molecule has 1 amide bonds. The van der Waals surface area contributed by atoms with E-state index in [1.807, 2.05) is 11.0 Å². The zero-order chi connectivity index (χ0) is 15.8. The van der Waals surface area contributed by atoms with Crippen molar-refractivity contribution in [1.82, 2.24) is 9.88 Å². The number of carbonyl (C=O) groups is 1. The molecule has 1 unspecified atom stereocenters. The molecule has 7 heteroatoms. The quantitative estimate of drug-likeness (QED) is 0.843. The van der Waals surface area contributed by atoms with Crippen LogP contribution in [0.1, 0.15) is 12.8 Å². The van der Waals surface area contributed by atoms with Gasteiger partial charge in [-0.15, -0.1) is 0 Å². The number of ether oxygens (including phenoxy) is 1. The highest BCUT2D eigenvalue weighted by atomic mass is 35.5. The Morgan fingerprint density at radius 1 is 1.26 bits per heavy atom. The minimum atomic E-state index is -0.243. The first-order chi connectivity index (χ1) is 11.2. The van der Waals surface area contributed by atoms with Crippen LogP contribution in [0.3, 0.4) is 0 Å². The van der Waals surface area contributed by atoms with Gasteiger partial charge in [-0.1, -0.05) is 11.6 Å². The predicted octanol–water partition coefficient (Wildman–Crippen LogP) is 2.31. The number of piperazine rings is 1. The van der Waals surface area contributed by atoms with Gasteiger partial charge in [0.1, 0.15) is 11.6 Å². The van der Waals surface area contributed by atoms with Gasteiger partial charge in [0, 0.05) is 43.9 Å². The van der Waals surface area contributed by atoms with Crippen LogP contribution in [0.4, 0.5) is 6.01 Å². The minimum absolute atomic E-state index is 0.117. The molecule has 2 saturated heterocycles. The lowest BCUT2D eigenvalue weighted by Gasteiger charge is -2.34. The van der Waals surface area contributed by atoms with Crippen molar-refractivity contribution in [3.05, 3.63) is 23.2 Å². The normalized spacial score (nSPS) is 22.0. The van der Waals surface area contributed by atoms with Gasteiger partial charge in [0.25, 0.3) is 11.9 Å². The molecular weight excluding hydrogens is 318 g/mol. The van der Waals surface area contributed by atoms with Gasteiger partial charge < -0.3 is 19.0 Å². The van der Waals surface area contributed by atoms with Crippen molar-refractivity contribution in [1.29, 1.82) is 0 Å². The lowest BCUT2D eigenvalue weighted by molar-refractivity contribution is -0.141. The van der Waals surface area contributed by atoms with Gasteiger partial charge in [0.05, 0.1) is 0 Å². The Hall–Kier alpha value is -1.79. The van der Waals surface area contributed by atoms with E-state index < -0.39 is 0 Å². The van der Waals surface area contributed by atoms with Gasteiger partial charge in [0.2, 0.25) is 0 Å². The largest absolute Gasteiger partial charge is 0.423 e. The summed E-state index contributed by atoms with van der Waals surface area (Å²) in [7, 11) is 0. The molecule has 2 aliphatic rings. The molecule has 6 nitrogen and oxygen atoms in total. The molecule has 0 N–H and O–H groups in total. The Bertz CT molecular complexity index is 718. The van der Waals surface area contributed by atoms with E-state index in [-0.39, 0.29) is 12.0 Å². The maximum Gasteiger partial charge on any atom is 0.298 e. The highest BCUT2D eigenvalue weighted by molar-refractivity contribution is 6.31. The molecule has 0 aliphatic carbocycles. The zero-order valence-corrected chi connectivity index (χ0v) is 13.5. The van der Waals surface area contributed by atoms with E-state index in [4.69, 9.17) is 20.8 Å². The van der Waals surface area contributed by atoms with Crippen LogP contribution in [-0.2, 0) is 9.53 Å². The summed E-state index contributed by atoms with van der Waals surface area (Å²) in [5, 5.41) is 0.632. The second-order valence-electron chi connectivity index (χ2n) is 5.92. The average molecular weight is 336 g/mol. The monoisotopic (exact) mass is 335 g/mol. The summed E-state index contributed by atoms with van der Waals surface area (Å²) in [6.45, 7) is 3.44. The fourth-order valence-electron chi connectivity index (χ4n) is 3.12. The highest BCUT2D eigenvalue weighted by Gasteiger charge is 2.31. The van der Waals surface area contributed by atoms with Crippen LogP contribution in [0.15, 0.2) is 22.6 Å². The lowest BCUT2D eigenvalue weighted by Crippen LogP contribution is -2.51. The molecule has 3 heterocycles. The first-order valence-electron chi connectivity index (χ1n) is 7.92. The topological polar surface area (TPSA) is 58.8 Å². The van der Waals surface area contributed by atoms with Crippen LogP contribution in [0.5, 0.6) is 0 Å². The van der Waals surface area contributed by atoms with Crippen LogP contribution in [0.25, 0.3) is 11.1 Å². The predicted molar refractivity (Wildman–Crippen MR) is 86.8 cm³/mol. The number of benzene rings is 1. The second-order valence-corrected chi connectivity index (χ2v) is 6.36. The number of hydrogen-bond acceptors (Lipinski definition) is 5. The van der Waals surface area contributed by atoms with Gasteiger partial charge in [-0.25, -0.2) is 0 Å². The smallest absolute Gasteiger partial charge is 0.298 e. The van der Waals surface area contributed by atoms with Crippen LogP contribution in [-0.4, -0.2) is 54.7 Å². The summed E-state index contributed by atoms with van der Waals surface area (Å²) in [4.78, 5) is 20.8. The number of hydrogen-bond donors (Lipinski definition) is 0. The van der Waals surface area contributed by atoms with Gasteiger partial charge in [-0.3, -0.25) is 4.79 Å². The molecule has 0 bridgehead atoms. The van der Waals surface area contributed by atoms with E-state index in [9.17, 15) is 4.79 Å². The van der Waals surface area contributed by atoms with Crippen molar-refractivity contribution in [2.45, 2.75) is 18.9 Å². The van der Waals surface area contributed by atoms with E-state index in [1.165, 1.54) is 0 Å².